The van der Waals surface area contributed by atoms with E-state index < -0.39 is 10.0 Å². The van der Waals surface area contributed by atoms with Crippen molar-refractivity contribution in [2.24, 2.45) is 0 Å². The third-order valence-electron chi connectivity index (χ3n) is 3.03. The number of sulfonamides is 1. The van der Waals surface area contributed by atoms with Crippen molar-refractivity contribution in [3.05, 3.63) is 40.8 Å². The molecule has 1 aromatic carbocycles. The molecule has 1 N–H and O–H groups in total. The van der Waals surface area contributed by atoms with Crippen LogP contribution in [0.3, 0.4) is 0 Å². The predicted molar refractivity (Wildman–Crippen MR) is 81.9 cm³/mol. The van der Waals surface area contributed by atoms with Crippen LogP contribution in [-0.4, -0.2) is 35.0 Å². The van der Waals surface area contributed by atoms with E-state index in [4.69, 9.17) is 11.6 Å². The molecule has 0 bridgehead atoms. The second kappa shape index (κ2) is 5.38. The normalized spacial score (nSPS) is 12.3. The van der Waals surface area contributed by atoms with Gasteiger partial charge in [0.1, 0.15) is 17.0 Å². The van der Waals surface area contributed by atoms with Crippen LogP contribution >= 0.6 is 22.9 Å². The zero-order chi connectivity index (χ0) is 15.0. The molecule has 0 saturated heterocycles. The van der Waals surface area contributed by atoms with Crippen LogP contribution in [0.5, 0.6) is 0 Å². The fraction of sp³-hybridized carbons (Fsp3) is 0.167. The average Bonchev–Trinajstić information content (AvgIpc) is 3.07. The van der Waals surface area contributed by atoms with Gasteiger partial charge in [0.2, 0.25) is 10.0 Å². The lowest BCUT2D eigenvalue weighted by atomic mass is 10.3. The lowest BCUT2D eigenvalue weighted by Gasteiger charge is -2.15. The van der Waals surface area contributed by atoms with E-state index in [2.05, 4.69) is 15.2 Å². The highest BCUT2D eigenvalue weighted by atomic mass is 35.5. The van der Waals surface area contributed by atoms with Gasteiger partial charge in [-0.2, -0.15) is 9.40 Å². The molecule has 0 unspecified atom stereocenters. The van der Waals surface area contributed by atoms with Gasteiger partial charge in [-0.05, 0) is 18.2 Å². The summed E-state index contributed by atoms with van der Waals surface area (Å²) in [7, 11) is -2.11. The van der Waals surface area contributed by atoms with Crippen molar-refractivity contribution < 1.29 is 8.42 Å². The van der Waals surface area contributed by atoms with Crippen LogP contribution in [0.15, 0.2) is 34.8 Å². The van der Waals surface area contributed by atoms with Crippen molar-refractivity contribution in [1.82, 2.24) is 19.5 Å². The first-order chi connectivity index (χ1) is 9.98. The largest absolute Gasteiger partial charge is 0.262 e. The molecular formula is C12H11ClN4O2S2. The summed E-state index contributed by atoms with van der Waals surface area (Å²) in [5.41, 5.74) is 0. The summed E-state index contributed by atoms with van der Waals surface area (Å²) in [6.07, 6.45) is 1.34. The fourth-order valence-electron chi connectivity index (χ4n) is 1.95. The van der Waals surface area contributed by atoms with Crippen molar-refractivity contribution in [2.75, 3.05) is 7.05 Å². The van der Waals surface area contributed by atoms with Crippen LogP contribution in [0.25, 0.3) is 10.1 Å². The minimum Gasteiger partial charge on any atom is -0.262 e. The van der Waals surface area contributed by atoms with Gasteiger partial charge in [0.05, 0.1) is 6.54 Å². The van der Waals surface area contributed by atoms with Crippen LogP contribution in [0.2, 0.25) is 5.02 Å². The number of nitrogens with zero attached hydrogens (tertiary/aromatic N) is 3. The van der Waals surface area contributed by atoms with Gasteiger partial charge in [-0.15, -0.1) is 11.3 Å². The van der Waals surface area contributed by atoms with Crippen molar-refractivity contribution in [3.63, 3.8) is 0 Å². The lowest BCUT2D eigenvalue weighted by molar-refractivity contribution is 0.458. The van der Waals surface area contributed by atoms with E-state index in [-0.39, 0.29) is 11.4 Å². The molecule has 2 aromatic heterocycles. The van der Waals surface area contributed by atoms with E-state index in [1.165, 1.54) is 29.0 Å². The Hall–Kier alpha value is -1.48. The van der Waals surface area contributed by atoms with E-state index in [0.29, 0.717) is 16.2 Å². The number of fused-ring (bicyclic) bond motifs is 1. The molecule has 6 nitrogen and oxygen atoms in total. The SMILES string of the molecule is CN(Cc1ncn[nH]1)S(=O)(=O)c1csc2ccc(Cl)cc12. The van der Waals surface area contributed by atoms with Crippen molar-refractivity contribution in [3.8, 4) is 0 Å². The van der Waals surface area contributed by atoms with Crippen LogP contribution < -0.4 is 0 Å². The molecule has 9 heteroatoms. The molecule has 0 fully saturated rings. The molecule has 0 amide bonds. The number of rotatable bonds is 4. The van der Waals surface area contributed by atoms with Gasteiger partial charge >= 0.3 is 0 Å². The zero-order valence-corrected chi connectivity index (χ0v) is 13.3. The first-order valence-corrected chi connectivity index (χ1v) is 8.65. The molecule has 21 heavy (non-hydrogen) atoms. The Labute approximate surface area is 130 Å². The van der Waals surface area contributed by atoms with Gasteiger partial charge in [-0.25, -0.2) is 13.4 Å². The summed E-state index contributed by atoms with van der Waals surface area (Å²) >= 11 is 7.34. The minimum absolute atomic E-state index is 0.125. The average molecular weight is 343 g/mol. The molecule has 0 saturated carbocycles. The number of hydrogen-bond donors (Lipinski definition) is 1. The number of thiophene rings is 1. The van der Waals surface area contributed by atoms with Crippen LogP contribution in [0, 0.1) is 0 Å². The zero-order valence-electron chi connectivity index (χ0n) is 10.9. The Balaban J connectivity index is 2.01. The van der Waals surface area contributed by atoms with E-state index in [9.17, 15) is 8.42 Å². The molecule has 0 aliphatic rings. The minimum atomic E-state index is -3.62. The molecule has 0 aliphatic carbocycles. The maximum absolute atomic E-state index is 12.7. The van der Waals surface area contributed by atoms with E-state index in [1.54, 1.807) is 17.5 Å². The smallest absolute Gasteiger partial charge is 0.244 e. The van der Waals surface area contributed by atoms with E-state index in [1.807, 2.05) is 6.07 Å². The Kier molecular flexibility index (Phi) is 3.70. The van der Waals surface area contributed by atoms with Crippen LogP contribution in [0.1, 0.15) is 5.82 Å². The van der Waals surface area contributed by atoms with Gasteiger partial charge in [-0.1, -0.05) is 11.6 Å². The van der Waals surface area contributed by atoms with E-state index in [0.717, 1.165) is 4.70 Å². The molecular weight excluding hydrogens is 332 g/mol. The van der Waals surface area contributed by atoms with Gasteiger partial charge in [0.15, 0.2) is 0 Å². The Morgan fingerprint density at radius 3 is 2.95 bits per heavy atom. The molecule has 3 rings (SSSR count). The first kappa shape index (κ1) is 14.5. The van der Waals surface area contributed by atoms with Crippen molar-refractivity contribution in [2.45, 2.75) is 11.4 Å². The quantitative estimate of drug-likeness (QED) is 0.790. The standard InChI is InChI=1S/C12H11ClN4O2S2/c1-17(5-12-14-7-15-16-12)21(18,19)11-6-20-10-3-2-8(13)4-9(10)11/h2-4,6-7H,5H2,1H3,(H,14,15,16). The second-order valence-electron chi connectivity index (χ2n) is 4.43. The highest BCUT2D eigenvalue weighted by Crippen LogP contribution is 2.33. The molecule has 110 valence electrons. The number of benzene rings is 1. The summed E-state index contributed by atoms with van der Waals surface area (Å²) in [4.78, 5) is 4.19. The first-order valence-electron chi connectivity index (χ1n) is 5.96. The molecule has 0 radical (unpaired) electrons. The Morgan fingerprint density at radius 1 is 1.43 bits per heavy atom. The fourth-order valence-corrected chi connectivity index (χ4v) is 4.69. The third kappa shape index (κ3) is 2.67. The maximum atomic E-state index is 12.7. The Morgan fingerprint density at radius 2 is 2.24 bits per heavy atom. The van der Waals surface area contributed by atoms with Gasteiger partial charge in [-0.3, -0.25) is 5.10 Å². The van der Waals surface area contributed by atoms with Crippen molar-refractivity contribution in [1.29, 1.82) is 0 Å². The summed E-state index contributed by atoms with van der Waals surface area (Å²) in [5, 5.41) is 9.13. The number of halogens is 1. The number of aromatic nitrogens is 3. The monoisotopic (exact) mass is 342 g/mol. The van der Waals surface area contributed by atoms with Crippen LogP contribution in [-0.2, 0) is 16.6 Å². The summed E-state index contributed by atoms with van der Waals surface area (Å²) in [6, 6.07) is 5.23. The second-order valence-corrected chi connectivity index (χ2v) is 7.79. The number of nitrogens with one attached hydrogen (secondary N) is 1. The van der Waals surface area contributed by atoms with Crippen LogP contribution in [0.4, 0.5) is 0 Å². The topological polar surface area (TPSA) is 79.0 Å². The molecule has 3 aromatic rings. The number of H-pyrrole nitrogens is 1. The predicted octanol–water partition coefficient (Wildman–Crippen LogP) is 2.49. The summed E-state index contributed by atoms with van der Waals surface area (Å²) < 4.78 is 27.5. The molecule has 0 aliphatic heterocycles. The van der Waals surface area contributed by atoms with Gasteiger partial charge < -0.3 is 0 Å². The number of hydrogen-bond acceptors (Lipinski definition) is 5. The highest BCUT2D eigenvalue weighted by molar-refractivity contribution is 7.89. The lowest BCUT2D eigenvalue weighted by Crippen LogP contribution is -2.26. The Bertz CT molecular complexity index is 874. The third-order valence-corrected chi connectivity index (χ3v) is 6.22. The molecule has 0 atom stereocenters. The maximum Gasteiger partial charge on any atom is 0.244 e. The molecule has 2 heterocycles. The summed E-state index contributed by atoms with van der Waals surface area (Å²) in [6.45, 7) is 0.125. The highest BCUT2D eigenvalue weighted by Gasteiger charge is 2.25. The van der Waals surface area contributed by atoms with Crippen molar-refractivity contribution >= 4 is 43.0 Å². The van der Waals surface area contributed by atoms with Gasteiger partial charge in [0.25, 0.3) is 0 Å². The number of aromatic amines is 1. The van der Waals surface area contributed by atoms with Gasteiger partial charge in [0, 0.05) is 27.5 Å². The van der Waals surface area contributed by atoms with E-state index >= 15 is 0 Å². The molecule has 0 spiro atoms. The summed E-state index contributed by atoms with van der Waals surface area (Å²) in [5.74, 6) is 0.485.